The van der Waals surface area contributed by atoms with Gasteiger partial charge in [0.2, 0.25) is 5.75 Å². The van der Waals surface area contributed by atoms with Gasteiger partial charge in [-0.2, -0.15) is 5.48 Å². The van der Waals surface area contributed by atoms with Gasteiger partial charge in [0.15, 0.2) is 5.75 Å². The first kappa shape index (κ1) is 17.5. The predicted octanol–water partition coefficient (Wildman–Crippen LogP) is 3.35. The Labute approximate surface area is 157 Å². The lowest BCUT2D eigenvalue weighted by atomic mass is 9.89. The van der Waals surface area contributed by atoms with Crippen LogP contribution in [0.1, 0.15) is 35.4 Å². The minimum atomic E-state index is -0.373. The van der Waals surface area contributed by atoms with Crippen molar-refractivity contribution in [2.45, 2.75) is 25.3 Å². The molecule has 1 fully saturated rings. The number of nitrogens with one attached hydrogen (secondary N) is 1. The number of hydroxylamine groups is 1. The van der Waals surface area contributed by atoms with E-state index in [-0.39, 0.29) is 29.1 Å². The molecule has 0 radical (unpaired) electrons. The van der Waals surface area contributed by atoms with Gasteiger partial charge in [-0.3, -0.25) is 9.69 Å². The van der Waals surface area contributed by atoms with E-state index in [2.05, 4.69) is 10.4 Å². The van der Waals surface area contributed by atoms with E-state index in [0.717, 1.165) is 37.1 Å². The van der Waals surface area contributed by atoms with Crippen LogP contribution in [0.4, 0.5) is 4.39 Å². The van der Waals surface area contributed by atoms with Crippen molar-refractivity contribution in [3.05, 3.63) is 65.0 Å². The van der Waals surface area contributed by atoms with Gasteiger partial charge >= 0.3 is 0 Å². The molecule has 0 atom stereocenters. The van der Waals surface area contributed by atoms with Crippen LogP contribution in [0, 0.1) is 5.82 Å². The summed E-state index contributed by atoms with van der Waals surface area (Å²) in [4.78, 5) is 18.9. The highest BCUT2D eigenvalue weighted by atomic mass is 19.1. The molecule has 1 amide bonds. The van der Waals surface area contributed by atoms with Gasteiger partial charge < -0.3 is 9.94 Å². The van der Waals surface area contributed by atoms with Gasteiger partial charge in [-0.15, -0.1) is 0 Å². The second kappa shape index (κ2) is 7.40. The van der Waals surface area contributed by atoms with Gasteiger partial charge in [0.25, 0.3) is 5.91 Å². The number of carbonyl (C=O) groups is 1. The second-order valence-electron chi connectivity index (χ2n) is 6.97. The normalized spacial score (nSPS) is 17.7. The van der Waals surface area contributed by atoms with Crippen LogP contribution < -0.4 is 10.3 Å². The summed E-state index contributed by atoms with van der Waals surface area (Å²) in [6.07, 6.45) is 4.73. The molecule has 0 spiro atoms. The van der Waals surface area contributed by atoms with Gasteiger partial charge in [0.1, 0.15) is 5.82 Å². The molecule has 27 heavy (non-hydrogen) atoms. The molecule has 2 aromatic carbocycles. The number of hydrogen-bond acceptors (Lipinski definition) is 4. The number of likely N-dealkylation sites (tertiary alicyclic amines) is 1. The van der Waals surface area contributed by atoms with Crippen molar-refractivity contribution in [2.75, 3.05) is 13.1 Å². The Morgan fingerprint density at radius 3 is 2.70 bits per heavy atom. The molecule has 140 valence electrons. The molecule has 5 nitrogen and oxygen atoms in total. The molecule has 6 heteroatoms. The third-order valence-electron chi connectivity index (χ3n) is 5.24. The van der Waals surface area contributed by atoms with Gasteiger partial charge in [0.05, 0.1) is 0 Å². The summed E-state index contributed by atoms with van der Waals surface area (Å²) in [5.41, 5.74) is 4.44. The van der Waals surface area contributed by atoms with Crippen molar-refractivity contribution < 1.29 is 19.1 Å². The van der Waals surface area contributed by atoms with Crippen molar-refractivity contribution in [2.24, 2.45) is 0 Å². The van der Waals surface area contributed by atoms with Crippen LogP contribution in [0.2, 0.25) is 0 Å². The molecule has 4 rings (SSSR count). The van der Waals surface area contributed by atoms with E-state index in [9.17, 15) is 14.3 Å². The van der Waals surface area contributed by atoms with Crippen LogP contribution in [0.25, 0.3) is 6.08 Å². The topological polar surface area (TPSA) is 61.8 Å². The fourth-order valence-electron chi connectivity index (χ4n) is 3.74. The highest BCUT2D eigenvalue weighted by Gasteiger charge is 2.24. The Morgan fingerprint density at radius 1 is 1.15 bits per heavy atom. The highest BCUT2D eigenvalue weighted by Crippen LogP contribution is 2.37. The fraction of sp³-hybridized carbons (Fsp3) is 0.286. The van der Waals surface area contributed by atoms with E-state index in [1.54, 1.807) is 12.1 Å². The van der Waals surface area contributed by atoms with E-state index in [1.807, 2.05) is 24.3 Å². The van der Waals surface area contributed by atoms with Crippen molar-refractivity contribution in [3.8, 4) is 11.5 Å². The number of phenols is 1. The lowest BCUT2D eigenvalue weighted by Crippen LogP contribution is -2.32. The number of fused-ring (bicyclic) bond motifs is 1. The first-order chi connectivity index (χ1) is 13.1. The number of piperidine rings is 1. The van der Waals surface area contributed by atoms with Crippen LogP contribution in [-0.2, 0) is 11.3 Å². The maximum Gasteiger partial charge on any atom is 0.276 e. The number of hydrogen-bond donors (Lipinski definition) is 2. The van der Waals surface area contributed by atoms with Crippen LogP contribution in [0.5, 0.6) is 11.5 Å². The molecule has 2 aliphatic rings. The average molecular weight is 368 g/mol. The summed E-state index contributed by atoms with van der Waals surface area (Å²) < 4.78 is 14.0. The maximum atomic E-state index is 14.0. The molecule has 0 aliphatic carbocycles. The van der Waals surface area contributed by atoms with Crippen LogP contribution in [0.3, 0.4) is 0 Å². The number of benzene rings is 2. The Kier molecular flexibility index (Phi) is 4.81. The summed E-state index contributed by atoms with van der Waals surface area (Å²) in [5, 5.41) is 10.6. The van der Waals surface area contributed by atoms with Crippen molar-refractivity contribution in [1.29, 1.82) is 0 Å². The van der Waals surface area contributed by atoms with Crippen LogP contribution in [0.15, 0.2) is 42.5 Å². The first-order valence-electron chi connectivity index (χ1n) is 9.08. The second-order valence-corrected chi connectivity index (χ2v) is 6.97. The zero-order chi connectivity index (χ0) is 18.8. The molecule has 2 N–H and O–H groups in total. The Hall–Kier alpha value is -2.86. The third-order valence-corrected chi connectivity index (χ3v) is 5.24. The molecular formula is C21H21FN2O3. The fourth-order valence-corrected chi connectivity index (χ4v) is 3.74. The van der Waals surface area contributed by atoms with Crippen molar-refractivity contribution in [1.82, 2.24) is 10.4 Å². The lowest BCUT2D eigenvalue weighted by Gasteiger charge is -2.32. The van der Waals surface area contributed by atoms with E-state index in [0.29, 0.717) is 12.1 Å². The van der Waals surface area contributed by atoms with E-state index in [1.165, 1.54) is 12.1 Å². The maximum absolute atomic E-state index is 14.0. The Morgan fingerprint density at radius 2 is 1.93 bits per heavy atom. The quantitative estimate of drug-likeness (QED) is 0.872. The van der Waals surface area contributed by atoms with Crippen molar-refractivity contribution in [3.63, 3.8) is 0 Å². The number of phenolic OH excluding ortho intramolecular Hbond substituents is 1. The number of nitrogens with zero attached hydrogens (tertiary/aromatic N) is 1. The zero-order valence-electron chi connectivity index (χ0n) is 14.8. The smallest absolute Gasteiger partial charge is 0.276 e. The van der Waals surface area contributed by atoms with Gasteiger partial charge in [-0.05, 0) is 49.6 Å². The van der Waals surface area contributed by atoms with Crippen LogP contribution >= 0.6 is 0 Å². The minimum absolute atomic E-state index is 0.0376. The number of carbonyl (C=O) groups excluding carboxylic acids is 1. The molecule has 0 unspecified atom stereocenters. The summed E-state index contributed by atoms with van der Waals surface area (Å²) in [6, 6.07) is 10.7. The standard InChI is InChI=1S/C21H21FN2O3/c22-18-4-2-1-3-17(18)14-9-11-24(12-10-14)13-16-6-5-15-7-8-19(25)23-27-21(15)20(16)26/h1-8,14,26H,9-13H2,(H,23,25). The zero-order valence-corrected chi connectivity index (χ0v) is 14.8. The third kappa shape index (κ3) is 3.66. The van der Waals surface area contributed by atoms with Crippen molar-refractivity contribution >= 4 is 12.0 Å². The minimum Gasteiger partial charge on any atom is -0.504 e. The highest BCUT2D eigenvalue weighted by molar-refractivity contribution is 5.92. The summed E-state index contributed by atoms with van der Waals surface area (Å²) in [5.74, 6) is 0.0205. The molecule has 0 aromatic heterocycles. The molecule has 2 aliphatic heterocycles. The summed E-state index contributed by atoms with van der Waals surface area (Å²) in [7, 11) is 0. The average Bonchev–Trinajstić information content (AvgIpc) is 2.87. The number of aromatic hydroxyl groups is 1. The first-order valence-corrected chi connectivity index (χ1v) is 9.08. The molecular weight excluding hydrogens is 347 g/mol. The SMILES string of the molecule is O=C1C=Cc2ccc(CN3CCC(c4ccccc4F)CC3)c(O)c2ON1. The predicted molar refractivity (Wildman–Crippen MR) is 99.6 cm³/mol. The number of rotatable bonds is 3. The molecule has 0 bridgehead atoms. The molecule has 2 heterocycles. The molecule has 2 aromatic rings. The number of halogens is 1. The summed E-state index contributed by atoms with van der Waals surface area (Å²) in [6.45, 7) is 2.23. The summed E-state index contributed by atoms with van der Waals surface area (Å²) >= 11 is 0. The van der Waals surface area contributed by atoms with Gasteiger partial charge in [-0.1, -0.05) is 30.3 Å². The Bertz CT molecular complexity index is 889. The lowest BCUT2D eigenvalue weighted by molar-refractivity contribution is -0.122. The molecule has 0 saturated carbocycles. The monoisotopic (exact) mass is 368 g/mol. The van der Waals surface area contributed by atoms with Gasteiger partial charge in [-0.25, -0.2) is 4.39 Å². The van der Waals surface area contributed by atoms with Gasteiger partial charge in [0, 0.05) is 23.7 Å². The Balaban J connectivity index is 1.44. The largest absolute Gasteiger partial charge is 0.504 e. The van der Waals surface area contributed by atoms with Crippen LogP contribution in [-0.4, -0.2) is 29.0 Å². The van der Waals surface area contributed by atoms with E-state index in [4.69, 9.17) is 4.84 Å². The number of amides is 1. The van der Waals surface area contributed by atoms with E-state index >= 15 is 0 Å². The molecule has 1 saturated heterocycles. The van der Waals surface area contributed by atoms with E-state index < -0.39 is 0 Å².